The summed E-state index contributed by atoms with van der Waals surface area (Å²) in [5.74, 6) is 34.9. The monoisotopic (exact) mass is 649 g/mol. The van der Waals surface area contributed by atoms with Crippen LogP contribution in [0, 0.1) is 94.7 Å². The third kappa shape index (κ3) is 71.1. The summed E-state index contributed by atoms with van der Waals surface area (Å²) in [6, 6.07) is 0. The molecule has 1 aliphatic carbocycles. The molecule has 0 aromatic carbocycles. The van der Waals surface area contributed by atoms with Gasteiger partial charge < -0.3 is 5.11 Å². The van der Waals surface area contributed by atoms with Crippen LogP contribution in [-0.2, 0) is 0 Å². The van der Waals surface area contributed by atoms with E-state index in [2.05, 4.69) is 149 Å². The Morgan fingerprint density at radius 2 is 0.723 bits per heavy atom. The van der Waals surface area contributed by atoms with Gasteiger partial charge in [0.15, 0.2) is 0 Å². The molecule has 0 aliphatic heterocycles. The SMILES string of the molecule is CC(C)C#CC1CC1.CC(C)C#CCCCCO.CCCCC#CC(C)C.CCCCCC#CC(C)C.CCCCCC#CC(C)C. The van der Waals surface area contributed by atoms with Crippen LogP contribution in [-0.4, -0.2) is 11.7 Å². The first-order chi connectivity index (χ1) is 22.4. The Hall–Kier alpha value is -2.24. The van der Waals surface area contributed by atoms with Gasteiger partial charge in [0.05, 0.1) is 0 Å². The fourth-order valence-corrected chi connectivity index (χ4v) is 3.13. The number of aliphatic hydroxyl groups is 1. The Bertz CT molecular complexity index is 851. The van der Waals surface area contributed by atoms with E-state index in [1.807, 2.05) is 0 Å². The van der Waals surface area contributed by atoms with Crippen LogP contribution in [0.3, 0.4) is 0 Å². The van der Waals surface area contributed by atoms with Gasteiger partial charge in [0.1, 0.15) is 0 Å². The molecule has 0 radical (unpaired) electrons. The lowest BCUT2D eigenvalue weighted by Crippen LogP contribution is -1.82. The Labute approximate surface area is 298 Å². The van der Waals surface area contributed by atoms with Gasteiger partial charge in [-0.2, -0.15) is 0 Å². The summed E-state index contributed by atoms with van der Waals surface area (Å²) in [7, 11) is 0. The van der Waals surface area contributed by atoms with Gasteiger partial charge in [0, 0.05) is 67.8 Å². The lowest BCUT2D eigenvalue weighted by molar-refractivity contribution is 0.285. The van der Waals surface area contributed by atoms with Crippen LogP contribution >= 0.6 is 0 Å². The first-order valence-electron chi connectivity index (χ1n) is 19.4. The minimum atomic E-state index is 0.295. The molecular formula is C46H80O. The van der Waals surface area contributed by atoms with E-state index >= 15 is 0 Å². The predicted molar refractivity (Wildman–Crippen MR) is 215 cm³/mol. The van der Waals surface area contributed by atoms with Crippen molar-refractivity contribution in [1.29, 1.82) is 0 Å². The van der Waals surface area contributed by atoms with E-state index in [0.29, 0.717) is 36.2 Å². The summed E-state index contributed by atoms with van der Waals surface area (Å²) in [4.78, 5) is 0. The second kappa shape index (κ2) is 43.8. The molecule has 1 nitrogen and oxygen atoms in total. The molecular weight excluding hydrogens is 569 g/mol. The number of rotatable bonds is 11. The summed E-state index contributed by atoms with van der Waals surface area (Å²) in [6.45, 7) is 28.1. The van der Waals surface area contributed by atoms with Crippen molar-refractivity contribution < 1.29 is 5.11 Å². The highest BCUT2D eigenvalue weighted by Gasteiger charge is 2.17. The zero-order valence-corrected chi connectivity index (χ0v) is 33.9. The summed E-state index contributed by atoms with van der Waals surface area (Å²) < 4.78 is 0. The molecule has 47 heavy (non-hydrogen) atoms. The second-order valence-corrected chi connectivity index (χ2v) is 13.8. The van der Waals surface area contributed by atoms with Crippen molar-refractivity contribution in [2.75, 3.05) is 6.61 Å². The van der Waals surface area contributed by atoms with E-state index in [0.717, 1.165) is 44.4 Å². The minimum Gasteiger partial charge on any atom is -0.396 e. The van der Waals surface area contributed by atoms with Gasteiger partial charge in [-0.15, -0.1) is 53.3 Å². The van der Waals surface area contributed by atoms with Crippen molar-refractivity contribution in [2.45, 2.75) is 193 Å². The van der Waals surface area contributed by atoms with E-state index in [9.17, 15) is 0 Å². The van der Waals surface area contributed by atoms with Crippen molar-refractivity contribution in [1.82, 2.24) is 0 Å². The van der Waals surface area contributed by atoms with Gasteiger partial charge in [-0.25, -0.2) is 0 Å². The van der Waals surface area contributed by atoms with Crippen LogP contribution in [0.5, 0.6) is 0 Å². The molecule has 0 saturated heterocycles. The van der Waals surface area contributed by atoms with E-state index in [4.69, 9.17) is 5.11 Å². The smallest absolute Gasteiger partial charge is 0.0431 e. The summed E-state index contributed by atoms with van der Waals surface area (Å²) in [5.41, 5.74) is 0. The van der Waals surface area contributed by atoms with Crippen LogP contribution < -0.4 is 0 Å². The van der Waals surface area contributed by atoms with Gasteiger partial charge in [-0.1, -0.05) is 128 Å². The summed E-state index contributed by atoms with van der Waals surface area (Å²) in [5, 5.41) is 8.43. The Morgan fingerprint density at radius 1 is 0.426 bits per heavy atom. The van der Waals surface area contributed by atoms with E-state index in [1.54, 1.807) is 0 Å². The maximum Gasteiger partial charge on any atom is 0.0431 e. The van der Waals surface area contributed by atoms with Crippen LogP contribution in [0.15, 0.2) is 0 Å². The lowest BCUT2D eigenvalue weighted by atomic mass is 10.2. The molecule has 270 valence electrons. The first-order valence-corrected chi connectivity index (χ1v) is 19.4. The second-order valence-electron chi connectivity index (χ2n) is 13.8. The number of unbranched alkanes of at least 4 members (excludes halogenated alkanes) is 10. The normalized spacial score (nSPS) is 10.6. The Balaban J connectivity index is -0.000000246. The molecule has 0 heterocycles. The van der Waals surface area contributed by atoms with Gasteiger partial charge in [-0.05, 0) is 44.9 Å². The Morgan fingerprint density at radius 3 is 0.979 bits per heavy atom. The molecule has 0 amide bonds. The molecule has 0 aromatic rings. The molecule has 1 heteroatoms. The first kappa shape index (κ1) is 51.6. The van der Waals surface area contributed by atoms with Gasteiger partial charge in [0.25, 0.3) is 0 Å². The molecule has 1 aliphatic rings. The Kier molecular flexibility index (Phi) is 48.0. The highest BCUT2D eigenvalue weighted by Crippen LogP contribution is 2.27. The zero-order chi connectivity index (χ0) is 36.6. The molecule has 1 fully saturated rings. The van der Waals surface area contributed by atoms with E-state index < -0.39 is 0 Å². The third-order valence-corrected chi connectivity index (χ3v) is 5.89. The maximum atomic E-state index is 8.43. The van der Waals surface area contributed by atoms with Crippen LogP contribution in [0.2, 0.25) is 0 Å². The van der Waals surface area contributed by atoms with Gasteiger partial charge in [-0.3, -0.25) is 0 Å². The molecule has 0 bridgehead atoms. The quantitative estimate of drug-likeness (QED) is 0.175. The zero-order valence-electron chi connectivity index (χ0n) is 33.9. The van der Waals surface area contributed by atoms with E-state index in [1.165, 1.54) is 64.2 Å². The predicted octanol–water partition coefficient (Wildman–Crippen LogP) is 13.2. The molecule has 0 spiro atoms. The molecule has 1 rings (SSSR count). The van der Waals surface area contributed by atoms with Crippen molar-refractivity contribution in [3.05, 3.63) is 0 Å². The summed E-state index contributed by atoms with van der Waals surface area (Å²) >= 11 is 0. The fourth-order valence-electron chi connectivity index (χ4n) is 3.13. The highest BCUT2D eigenvalue weighted by atomic mass is 16.2. The number of hydrogen-bond acceptors (Lipinski definition) is 1. The standard InChI is InChI=1S/2C10H18.C9H16O.C9H16.C8H12/c2*1-4-5-6-7-8-9-10(2)3;1-9(2)7-5-3-4-6-8-10;1-4-5-6-7-8-9(2)3;1-7(2)3-4-8-5-6-8/h2*10H,4-7H2,1-3H3;9-10H,3-4,6,8H2,1-2H3;9H,4-6H2,1-3H3;7-8H,5-6H2,1-2H3. The largest absolute Gasteiger partial charge is 0.396 e. The van der Waals surface area contributed by atoms with Crippen molar-refractivity contribution >= 4 is 0 Å². The van der Waals surface area contributed by atoms with Crippen LogP contribution in [0.1, 0.15) is 193 Å². The number of aliphatic hydroxyl groups excluding tert-OH is 1. The van der Waals surface area contributed by atoms with Crippen molar-refractivity contribution in [3.8, 4) is 59.2 Å². The average Bonchev–Trinajstić information content (AvgIpc) is 3.84. The van der Waals surface area contributed by atoms with Crippen LogP contribution in [0.4, 0.5) is 0 Å². The molecule has 1 N–H and O–H groups in total. The van der Waals surface area contributed by atoms with Gasteiger partial charge >= 0.3 is 0 Å². The lowest BCUT2D eigenvalue weighted by Gasteiger charge is -1.90. The maximum absolute atomic E-state index is 8.43. The minimum absolute atomic E-state index is 0.295. The van der Waals surface area contributed by atoms with E-state index in [-0.39, 0.29) is 0 Å². The summed E-state index contributed by atoms with van der Waals surface area (Å²) in [6.07, 6.45) is 19.1. The van der Waals surface area contributed by atoms with Crippen molar-refractivity contribution in [2.24, 2.45) is 35.5 Å². The third-order valence-electron chi connectivity index (χ3n) is 5.89. The van der Waals surface area contributed by atoms with Gasteiger partial charge in [0.2, 0.25) is 0 Å². The topological polar surface area (TPSA) is 20.2 Å². The molecule has 0 aromatic heterocycles. The highest BCUT2D eigenvalue weighted by molar-refractivity contribution is 5.10. The molecule has 1 saturated carbocycles. The molecule has 0 unspecified atom stereocenters. The van der Waals surface area contributed by atoms with Crippen molar-refractivity contribution in [3.63, 3.8) is 0 Å². The van der Waals surface area contributed by atoms with Crippen LogP contribution in [0.25, 0.3) is 0 Å². The number of hydrogen-bond donors (Lipinski definition) is 1. The fraction of sp³-hybridized carbons (Fsp3) is 0.783. The average molecular weight is 649 g/mol. The molecule has 0 atom stereocenters.